The molecule has 2 aromatic heterocycles. The number of halogens is 2. The van der Waals surface area contributed by atoms with Crippen LogP contribution in [-0.2, 0) is 16.9 Å². The molecular formula is C31H29Cl2N3O3S. The minimum absolute atomic E-state index is 0.0314. The van der Waals surface area contributed by atoms with E-state index in [1.54, 1.807) is 6.07 Å². The van der Waals surface area contributed by atoms with E-state index < -0.39 is 5.60 Å². The highest BCUT2D eigenvalue weighted by atomic mass is 35.5. The first-order chi connectivity index (χ1) is 19.3. The molecule has 4 aromatic rings. The van der Waals surface area contributed by atoms with Crippen LogP contribution < -0.4 is 0 Å². The van der Waals surface area contributed by atoms with Gasteiger partial charge in [-0.1, -0.05) is 41.3 Å². The first-order valence-electron chi connectivity index (χ1n) is 13.9. The lowest BCUT2D eigenvalue weighted by atomic mass is 9.59. The predicted octanol–water partition coefficient (Wildman–Crippen LogP) is 8.38. The SMILES string of the molecule is CC1CC2C[C@](OCc3c(-c4c(Cl)cccc4Cl)noc3C3CC3)(CC[C@]2(O)c2nc3ccc(C#N)cc3s2)C1. The van der Waals surface area contributed by atoms with E-state index in [0.29, 0.717) is 51.7 Å². The number of aliphatic hydroxyl groups is 1. The maximum Gasteiger partial charge on any atom is 0.145 e. The summed E-state index contributed by atoms with van der Waals surface area (Å²) in [4.78, 5) is 4.84. The van der Waals surface area contributed by atoms with Crippen molar-refractivity contribution in [2.24, 2.45) is 11.8 Å². The lowest BCUT2D eigenvalue weighted by molar-refractivity contribution is -0.188. The summed E-state index contributed by atoms with van der Waals surface area (Å²) in [5.41, 5.74) is 2.35. The zero-order chi connectivity index (χ0) is 27.6. The molecule has 6 nitrogen and oxygen atoms in total. The first kappa shape index (κ1) is 26.4. The average Bonchev–Trinajstić information content (AvgIpc) is 3.55. The summed E-state index contributed by atoms with van der Waals surface area (Å²) in [5, 5.41) is 27.7. The lowest BCUT2D eigenvalue weighted by Crippen LogP contribution is -2.53. The molecule has 3 fully saturated rings. The zero-order valence-electron chi connectivity index (χ0n) is 22.1. The third-order valence-electron chi connectivity index (χ3n) is 9.04. The maximum atomic E-state index is 12.1. The van der Waals surface area contributed by atoms with Crippen molar-refractivity contribution in [1.29, 1.82) is 5.26 Å². The van der Waals surface area contributed by atoms with Gasteiger partial charge in [-0.05, 0) is 87.1 Å². The van der Waals surface area contributed by atoms with E-state index in [1.807, 2.05) is 30.3 Å². The first-order valence-corrected chi connectivity index (χ1v) is 15.5. The number of nitrogens with zero attached hydrogens (tertiary/aromatic N) is 3. The van der Waals surface area contributed by atoms with Crippen molar-refractivity contribution in [1.82, 2.24) is 10.1 Å². The predicted molar refractivity (Wildman–Crippen MR) is 155 cm³/mol. The van der Waals surface area contributed by atoms with Gasteiger partial charge in [-0.3, -0.25) is 0 Å². The number of fused-ring (bicyclic) bond motifs is 3. The minimum Gasteiger partial charge on any atom is -0.382 e. The van der Waals surface area contributed by atoms with Gasteiger partial charge in [-0.15, -0.1) is 11.3 Å². The number of aromatic nitrogens is 2. The summed E-state index contributed by atoms with van der Waals surface area (Å²) >= 11 is 14.6. The Hall–Kier alpha value is -2.47. The normalized spacial score (nSPS) is 28.1. The third-order valence-corrected chi connectivity index (χ3v) is 10.9. The molecule has 2 aromatic carbocycles. The molecular weight excluding hydrogens is 565 g/mol. The summed E-state index contributed by atoms with van der Waals surface area (Å²) in [6.45, 7) is 2.61. The van der Waals surface area contributed by atoms with Crippen LogP contribution in [0.2, 0.25) is 10.0 Å². The molecule has 0 amide bonds. The van der Waals surface area contributed by atoms with Gasteiger partial charge in [0, 0.05) is 17.0 Å². The van der Waals surface area contributed by atoms with Crippen LogP contribution in [0.4, 0.5) is 0 Å². The van der Waals surface area contributed by atoms with Gasteiger partial charge in [0.2, 0.25) is 0 Å². The van der Waals surface area contributed by atoms with Crippen LogP contribution in [0.1, 0.15) is 79.7 Å². The Balaban J connectivity index is 1.18. The Bertz CT molecular complexity index is 1640. The third kappa shape index (κ3) is 4.45. The number of thiazole rings is 1. The lowest BCUT2D eigenvalue weighted by Gasteiger charge is -2.53. The summed E-state index contributed by atoms with van der Waals surface area (Å²) in [6.07, 6.45) is 6.09. The van der Waals surface area contributed by atoms with Crippen LogP contribution >= 0.6 is 34.5 Å². The quantitative estimate of drug-likeness (QED) is 0.241. The molecule has 3 aliphatic rings. The van der Waals surface area contributed by atoms with Crippen LogP contribution in [0.5, 0.6) is 0 Å². The molecule has 206 valence electrons. The molecule has 4 atom stereocenters. The second-order valence-corrected chi connectivity index (χ2v) is 13.7. The summed E-state index contributed by atoms with van der Waals surface area (Å²) < 4.78 is 13.7. The monoisotopic (exact) mass is 593 g/mol. The van der Waals surface area contributed by atoms with E-state index in [-0.39, 0.29) is 11.5 Å². The topological polar surface area (TPSA) is 92.2 Å². The van der Waals surface area contributed by atoms with Gasteiger partial charge in [0.1, 0.15) is 22.1 Å². The molecule has 0 aliphatic heterocycles. The molecule has 3 aliphatic carbocycles. The number of nitriles is 1. The van der Waals surface area contributed by atoms with E-state index in [9.17, 15) is 10.4 Å². The fourth-order valence-electron chi connectivity index (χ4n) is 6.93. The molecule has 0 saturated heterocycles. The van der Waals surface area contributed by atoms with Crippen LogP contribution in [0.25, 0.3) is 21.5 Å². The van der Waals surface area contributed by atoms with E-state index in [1.165, 1.54) is 11.3 Å². The van der Waals surface area contributed by atoms with Gasteiger partial charge in [0.05, 0.1) is 44.1 Å². The number of hydrogen-bond acceptors (Lipinski definition) is 7. The van der Waals surface area contributed by atoms with Crippen molar-refractivity contribution in [3.8, 4) is 17.3 Å². The maximum absolute atomic E-state index is 12.1. The fraction of sp³-hybridized carbons (Fsp3) is 0.452. The van der Waals surface area contributed by atoms with Crippen molar-refractivity contribution in [2.45, 2.75) is 75.6 Å². The highest BCUT2D eigenvalue weighted by molar-refractivity contribution is 7.18. The van der Waals surface area contributed by atoms with Gasteiger partial charge in [0.15, 0.2) is 0 Å². The summed E-state index contributed by atoms with van der Waals surface area (Å²) in [7, 11) is 0. The Morgan fingerprint density at radius 1 is 1.18 bits per heavy atom. The van der Waals surface area contributed by atoms with Crippen LogP contribution in [0.15, 0.2) is 40.9 Å². The van der Waals surface area contributed by atoms with Crippen molar-refractivity contribution in [3.05, 3.63) is 68.3 Å². The van der Waals surface area contributed by atoms with Crippen LogP contribution in [-0.4, -0.2) is 20.8 Å². The fourth-order valence-corrected chi connectivity index (χ4v) is 8.71. The van der Waals surface area contributed by atoms with Crippen LogP contribution in [0, 0.1) is 23.2 Å². The highest BCUT2D eigenvalue weighted by Gasteiger charge is 2.55. The minimum atomic E-state index is -1.01. The summed E-state index contributed by atoms with van der Waals surface area (Å²) in [6, 6.07) is 13.2. The average molecular weight is 595 g/mol. The Morgan fingerprint density at radius 2 is 1.98 bits per heavy atom. The van der Waals surface area contributed by atoms with Crippen LogP contribution in [0.3, 0.4) is 0 Å². The van der Waals surface area contributed by atoms with Gasteiger partial charge in [-0.25, -0.2) is 4.98 Å². The molecule has 9 heteroatoms. The number of hydrogen-bond donors (Lipinski definition) is 1. The second-order valence-electron chi connectivity index (χ2n) is 11.9. The molecule has 3 saturated carbocycles. The zero-order valence-corrected chi connectivity index (χ0v) is 24.5. The standard InChI is InChI=1S/C31H29Cl2N3O3S/c1-17-11-20-14-30(13-17,9-10-31(20,37)29-35-24-8-5-18(15-34)12-25(24)40-29)38-16-21-27(36-39-28(21)19-6-7-19)26-22(32)3-2-4-23(26)33/h2-5,8,12,17,19-20,37H,6-7,9-11,13-14,16H2,1H3/t17?,20?,30-,31+/m0/s1. The van der Waals surface area contributed by atoms with Gasteiger partial charge >= 0.3 is 0 Å². The van der Waals surface area contributed by atoms with Gasteiger partial charge in [0.25, 0.3) is 0 Å². The molecule has 40 heavy (non-hydrogen) atoms. The second kappa shape index (κ2) is 9.82. The van der Waals surface area contributed by atoms with Crippen molar-refractivity contribution < 1.29 is 14.4 Å². The highest BCUT2D eigenvalue weighted by Crippen LogP contribution is 2.56. The molecule has 0 spiro atoms. The molecule has 2 unspecified atom stereocenters. The number of benzene rings is 2. The largest absolute Gasteiger partial charge is 0.382 e. The van der Waals surface area contributed by atoms with Gasteiger partial charge < -0.3 is 14.4 Å². The van der Waals surface area contributed by atoms with E-state index in [2.05, 4.69) is 18.1 Å². The van der Waals surface area contributed by atoms with E-state index in [4.69, 9.17) is 37.4 Å². The molecule has 2 heterocycles. The Morgan fingerprint density at radius 3 is 2.73 bits per heavy atom. The molecule has 7 rings (SSSR count). The van der Waals surface area contributed by atoms with E-state index in [0.717, 1.165) is 65.1 Å². The smallest absolute Gasteiger partial charge is 0.145 e. The Kier molecular flexibility index (Phi) is 6.49. The number of ether oxygens (including phenoxy) is 1. The molecule has 2 bridgehead atoms. The van der Waals surface area contributed by atoms with E-state index >= 15 is 0 Å². The van der Waals surface area contributed by atoms with Crippen molar-refractivity contribution >= 4 is 44.8 Å². The Labute approximate surface area is 246 Å². The van der Waals surface area contributed by atoms with Crippen molar-refractivity contribution in [2.75, 3.05) is 0 Å². The van der Waals surface area contributed by atoms with Crippen molar-refractivity contribution in [3.63, 3.8) is 0 Å². The van der Waals surface area contributed by atoms with Gasteiger partial charge in [-0.2, -0.15) is 5.26 Å². The number of rotatable bonds is 6. The summed E-state index contributed by atoms with van der Waals surface area (Å²) in [5.74, 6) is 1.66. The molecule has 0 radical (unpaired) electrons. The molecule has 1 N–H and O–H groups in total.